The average molecular weight is 602 g/mol. The normalized spacial score (nSPS) is 26.1. The highest BCUT2D eigenvalue weighted by molar-refractivity contribution is 6.39. The van der Waals surface area contributed by atoms with Crippen LogP contribution in [0.25, 0.3) is 6.08 Å². The number of barbiturate groups is 1. The maximum atomic E-state index is 13.6. The number of nitrogens with one attached hydrogen (secondary N) is 1. The number of rotatable bonds is 8. The van der Waals surface area contributed by atoms with Crippen molar-refractivity contribution in [2.45, 2.75) is 57.5 Å². The number of hydrogen-bond acceptors (Lipinski definition) is 6. The van der Waals surface area contributed by atoms with Crippen molar-refractivity contribution in [3.05, 3.63) is 94.6 Å². The Labute approximate surface area is 262 Å². The van der Waals surface area contributed by atoms with Crippen molar-refractivity contribution in [3.63, 3.8) is 0 Å². The average Bonchev–Trinajstić information content (AvgIpc) is 3.02. The topological polar surface area (TPSA) is 109 Å². The molecule has 0 aromatic heterocycles. The van der Waals surface area contributed by atoms with Gasteiger partial charge >= 0.3 is 6.03 Å². The molecule has 4 bridgehead atoms. The largest absolute Gasteiger partial charge is 0.490 e. The summed E-state index contributed by atoms with van der Waals surface area (Å²) in [6.07, 6.45) is 9.22. The second-order valence-corrected chi connectivity index (χ2v) is 12.9. The summed E-state index contributed by atoms with van der Waals surface area (Å²) in [4.78, 5) is 40.5. The Morgan fingerprint density at radius 3 is 2.27 bits per heavy atom. The number of hydrogen-bond donors (Lipinski definition) is 1. The molecule has 4 saturated carbocycles. The fraction of sp³-hybridized carbons (Fsp3) is 0.351. The van der Waals surface area contributed by atoms with Crippen LogP contribution in [0.1, 0.15) is 67.7 Å². The molecule has 3 aromatic carbocycles. The van der Waals surface area contributed by atoms with Crippen molar-refractivity contribution < 1.29 is 23.9 Å². The lowest BCUT2D eigenvalue weighted by Crippen LogP contribution is -2.54. The van der Waals surface area contributed by atoms with Gasteiger partial charge in [-0.25, -0.2) is 9.69 Å². The zero-order valence-corrected chi connectivity index (χ0v) is 25.3. The molecule has 8 heteroatoms. The summed E-state index contributed by atoms with van der Waals surface area (Å²) in [6, 6.07) is 21.5. The van der Waals surface area contributed by atoms with Crippen LogP contribution in [-0.2, 0) is 21.6 Å². The third-order valence-electron chi connectivity index (χ3n) is 9.98. The molecule has 1 N–H and O–H groups in total. The summed E-state index contributed by atoms with van der Waals surface area (Å²) < 4.78 is 11.8. The summed E-state index contributed by atoms with van der Waals surface area (Å²) in [5.41, 5.74) is 3.58. The summed E-state index contributed by atoms with van der Waals surface area (Å²) >= 11 is 0. The van der Waals surface area contributed by atoms with Crippen LogP contribution < -0.4 is 19.7 Å². The van der Waals surface area contributed by atoms with Crippen LogP contribution in [-0.4, -0.2) is 24.5 Å². The number of carbonyl (C=O) groups is 3. The van der Waals surface area contributed by atoms with Crippen molar-refractivity contribution >= 4 is 29.6 Å². The Morgan fingerprint density at radius 1 is 0.911 bits per heavy atom. The van der Waals surface area contributed by atoms with Gasteiger partial charge in [0.2, 0.25) is 0 Å². The minimum Gasteiger partial charge on any atom is -0.490 e. The van der Waals surface area contributed by atoms with Gasteiger partial charge in [0.25, 0.3) is 11.8 Å². The van der Waals surface area contributed by atoms with E-state index in [0.29, 0.717) is 34.9 Å². The lowest BCUT2D eigenvalue weighted by Gasteiger charge is -2.57. The van der Waals surface area contributed by atoms with Crippen LogP contribution in [0.4, 0.5) is 10.5 Å². The van der Waals surface area contributed by atoms with Gasteiger partial charge in [-0.3, -0.25) is 14.9 Å². The standard InChI is InChI=1S/C37H35N3O5/c1-2-44-33-17-23(7-12-32(33)45-22-28-6-4-3-5-27(28)21-38)16-31-34(41)39-36(43)40(35(31)42)30-10-8-29(9-11-30)37-18-24-13-25(19-37)15-26(14-24)20-37/h3-12,16-17,24-26H,2,13-15,18-20,22H2,1H3,(H,39,41,43)/b31-16+. The number of carbonyl (C=O) groups excluding carboxylic acids is 3. The van der Waals surface area contributed by atoms with Crippen molar-refractivity contribution in [1.29, 1.82) is 5.26 Å². The Morgan fingerprint density at radius 2 is 1.60 bits per heavy atom. The monoisotopic (exact) mass is 601 g/mol. The maximum absolute atomic E-state index is 13.6. The maximum Gasteiger partial charge on any atom is 0.335 e. The minimum atomic E-state index is -0.763. The molecule has 1 saturated heterocycles. The molecule has 5 fully saturated rings. The van der Waals surface area contributed by atoms with E-state index < -0.39 is 17.8 Å². The van der Waals surface area contributed by atoms with Gasteiger partial charge in [0.1, 0.15) is 12.2 Å². The summed E-state index contributed by atoms with van der Waals surface area (Å²) in [5, 5.41) is 11.7. The molecule has 5 aliphatic rings. The van der Waals surface area contributed by atoms with Crippen molar-refractivity contribution in [2.24, 2.45) is 17.8 Å². The van der Waals surface area contributed by atoms with Crippen LogP contribution in [0.15, 0.2) is 72.3 Å². The molecule has 8 rings (SSSR count). The zero-order valence-electron chi connectivity index (χ0n) is 25.3. The molecule has 228 valence electrons. The van der Waals surface area contributed by atoms with Crippen molar-refractivity contribution in [3.8, 4) is 17.6 Å². The smallest absolute Gasteiger partial charge is 0.335 e. The molecule has 4 amide bonds. The van der Waals surface area contributed by atoms with Gasteiger partial charge in [-0.1, -0.05) is 36.4 Å². The second kappa shape index (κ2) is 11.6. The zero-order chi connectivity index (χ0) is 31.1. The van der Waals surface area contributed by atoms with E-state index in [1.165, 1.54) is 50.2 Å². The number of nitrogens with zero attached hydrogens (tertiary/aromatic N) is 2. The second-order valence-electron chi connectivity index (χ2n) is 12.9. The first kappa shape index (κ1) is 28.8. The molecule has 0 atom stereocenters. The van der Waals surface area contributed by atoms with Crippen LogP contribution in [0, 0.1) is 29.1 Å². The first-order chi connectivity index (χ1) is 21.9. The number of imide groups is 2. The first-order valence-electron chi connectivity index (χ1n) is 15.8. The van der Waals surface area contributed by atoms with Gasteiger partial charge in [0, 0.05) is 5.56 Å². The van der Waals surface area contributed by atoms with E-state index in [-0.39, 0.29) is 17.6 Å². The van der Waals surface area contributed by atoms with E-state index in [1.54, 1.807) is 30.3 Å². The SMILES string of the molecule is CCOc1cc(/C=C2\C(=O)NC(=O)N(c3ccc(C45CC6CC(CC(C6)C4)C5)cc3)C2=O)ccc1OCc1ccccc1C#N. The number of nitriles is 1. The third kappa shape index (κ3) is 5.37. The van der Waals surface area contributed by atoms with E-state index in [0.717, 1.165) is 28.2 Å². The van der Waals surface area contributed by atoms with Crippen LogP contribution in [0.3, 0.4) is 0 Å². The van der Waals surface area contributed by atoms with Crippen molar-refractivity contribution in [1.82, 2.24) is 5.32 Å². The summed E-state index contributed by atoms with van der Waals surface area (Å²) in [5.74, 6) is 1.89. The summed E-state index contributed by atoms with van der Waals surface area (Å²) in [6.45, 7) is 2.38. The molecule has 0 spiro atoms. The van der Waals surface area contributed by atoms with Gasteiger partial charge in [0.05, 0.1) is 23.9 Å². The van der Waals surface area contributed by atoms with Crippen LogP contribution in [0.5, 0.6) is 11.5 Å². The fourth-order valence-corrected chi connectivity index (χ4v) is 8.40. The Kier molecular flexibility index (Phi) is 7.40. The van der Waals surface area contributed by atoms with E-state index in [2.05, 4.69) is 23.5 Å². The molecular weight excluding hydrogens is 566 g/mol. The lowest BCUT2D eigenvalue weighted by molar-refractivity contribution is -0.122. The third-order valence-corrected chi connectivity index (χ3v) is 9.98. The fourth-order valence-electron chi connectivity index (χ4n) is 8.40. The molecule has 3 aromatic rings. The molecule has 45 heavy (non-hydrogen) atoms. The number of ether oxygens (including phenoxy) is 2. The highest BCUT2D eigenvalue weighted by Crippen LogP contribution is 2.60. The molecule has 0 radical (unpaired) electrons. The predicted molar refractivity (Wildman–Crippen MR) is 168 cm³/mol. The van der Waals surface area contributed by atoms with Gasteiger partial charge < -0.3 is 9.47 Å². The van der Waals surface area contributed by atoms with E-state index in [1.807, 2.05) is 31.2 Å². The molecule has 0 unspecified atom stereocenters. The van der Waals surface area contributed by atoms with Crippen molar-refractivity contribution in [2.75, 3.05) is 11.5 Å². The summed E-state index contributed by atoms with van der Waals surface area (Å²) in [7, 11) is 0. The van der Waals surface area contributed by atoms with E-state index in [9.17, 15) is 19.6 Å². The molecular formula is C37H35N3O5. The number of amides is 4. The molecule has 4 aliphatic carbocycles. The first-order valence-corrected chi connectivity index (χ1v) is 15.8. The van der Waals surface area contributed by atoms with Gasteiger partial charge in [0.15, 0.2) is 11.5 Å². The van der Waals surface area contributed by atoms with E-state index in [4.69, 9.17) is 9.47 Å². The van der Waals surface area contributed by atoms with Gasteiger partial charge in [-0.05, 0) is 116 Å². The Bertz CT molecular complexity index is 1720. The number of benzene rings is 3. The number of anilines is 1. The minimum absolute atomic E-state index is 0.154. The predicted octanol–water partition coefficient (Wildman–Crippen LogP) is 6.67. The highest BCUT2D eigenvalue weighted by Gasteiger charge is 2.51. The van der Waals surface area contributed by atoms with Crippen LogP contribution in [0.2, 0.25) is 0 Å². The number of urea groups is 1. The Balaban J connectivity index is 1.12. The van der Waals surface area contributed by atoms with Gasteiger partial charge in [-0.15, -0.1) is 0 Å². The molecule has 1 heterocycles. The molecule has 8 nitrogen and oxygen atoms in total. The van der Waals surface area contributed by atoms with E-state index >= 15 is 0 Å². The quantitative estimate of drug-likeness (QED) is 0.228. The Hall–Kier alpha value is -4.90. The van der Waals surface area contributed by atoms with Gasteiger partial charge in [-0.2, -0.15) is 5.26 Å². The van der Waals surface area contributed by atoms with Crippen LogP contribution >= 0.6 is 0 Å². The highest BCUT2D eigenvalue weighted by atomic mass is 16.5. The lowest BCUT2D eigenvalue weighted by atomic mass is 9.48. The molecule has 1 aliphatic heterocycles.